The van der Waals surface area contributed by atoms with Crippen LogP contribution in [0, 0.1) is 3.57 Å². The van der Waals surface area contributed by atoms with Crippen molar-refractivity contribution in [3.63, 3.8) is 0 Å². The lowest BCUT2D eigenvalue weighted by Gasteiger charge is -2.12. The quantitative estimate of drug-likeness (QED) is 0.782. The summed E-state index contributed by atoms with van der Waals surface area (Å²) in [6.07, 6.45) is -4.43. The van der Waals surface area contributed by atoms with E-state index in [2.05, 4.69) is 0 Å². The molecule has 0 unspecified atom stereocenters. The van der Waals surface area contributed by atoms with Crippen molar-refractivity contribution in [3.05, 3.63) is 31.9 Å². The van der Waals surface area contributed by atoms with Crippen LogP contribution in [0.5, 0.6) is 0 Å². The standard InChI is InChI=1S/C8H6ClF3IN/c9-7-4(3-14)6(13)2-1-5(7)8(10,11)12/h1-2H,3,14H2. The summed E-state index contributed by atoms with van der Waals surface area (Å²) in [5.74, 6) is 0. The number of rotatable bonds is 1. The van der Waals surface area contributed by atoms with Gasteiger partial charge in [-0.15, -0.1) is 0 Å². The highest BCUT2D eigenvalue weighted by Gasteiger charge is 2.34. The minimum Gasteiger partial charge on any atom is -0.326 e. The van der Waals surface area contributed by atoms with Crippen LogP contribution in [0.1, 0.15) is 11.1 Å². The summed E-state index contributed by atoms with van der Waals surface area (Å²) in [6.45, 7) is 0.00102. The van der Waals surface area contributed by atoms with Gasteiger partial charge in [-0.1, -0.05) is 11.6 Å². The highest BCUT2D eigenvalue weighted by atomic mass is 127. The molecule has 14 heavy (non-hydrogen) atoms. The van der Waals surface area contributed by atoms with Crippen molar-refractivity contribution in [1.82, 2.24) is 0 Å². The van der Waals surface area contributed by atoms with E-state index in [0.717, 1.165) is 6.07 Å². The van der Waals surface area contributed by atoms with Crippen molar-refractivity contribution in [2.75, 3.05) is 0 Å². The molecule has 0 fully saturated rings. The lowest BCUT2D eigenvalue weighted by Crippen LogP contribution is -2.10. The summed E-state index contributed by atoms with van der Waals surface area (Å²) in [5.41, 5.74) is 4.81. The monoisotopic (exact) mass is 335 g/mol. The molecule has 0 spiro atoms. The number of hydrogen-bond acceptors (Lipinski definition) is 1. The molecule has 0 saturated heterocycles. The fraction of sp³-hybridized carbons (Fsp3) is 0.250. The molecule has 0 amide bonds. The van der Waals surface area contributed by atoms with Crippen LogP contribution in [0.15, 0.2) is 12.1 Å². The first-order chi connectivity index (χ1) is 6.38. The second kappa shape index (κ2) is 4.24. The van der Waals surface area contributed by atoms with Crippen LogP contribution in [0.3, 0.4) is 0 Å². The Kier molecular flexibility index (Phi) is 3.65. The molecule has 0 aliphatic heterocycles. The van der Waals surface area contributed by atoms with Gasteiger partial charge in [0.1, 0.15) is 0 Å². The molecule has 1 aromatic rings. The van der Waals surface area contributed by atoms with Crippen molar-refractivity contribution >= 4 is 34.2 Å². The largest absolute Gasteiger partial charge is 0.417 e. The van der Waals surface area contributed by atoms with Crippen LogP contribution < -0.4 is 5.73 Å². The summed E-state index contributed by atoms with van der Waals surface area (Å²) in [4.78, 5) is 0. The van der Waals surface area contributed by atoms with Gasteiger partial charge in [-0.2, -0.15) is 13.2 Å². The molecular weight excluding hydrogens is 329 g/mol. The van der Waals surface area contributed by atoms with Crippen molar-refractivity contribution in [1.29, 1.82) is 0 Å². The van der Waals surface area contributed by atoms with E-state index in [1.807, 2.05) is 22.6 Å². The first-order valence-electron chi connectivity index (χ1n) is 3.62. The van der Waals surface area contributed by atoms with Gasteiger partial charge in [0.2, 0.25) is 0 Å². The van der Waals surface area contributed by atoms with Gasteiger partial charge in [-0.25, -0.2) is 0 Å². The van der Waals surface area contributed by atoms with Crippen LogP contribution in [-0.4, -0.2) is 0 Å². The zero-order chi connectivity index (χ0) is 10.9. The fourth-order valence-corrected chi connectivity index (χ4v) is 2.18. The summed E-state index contributed by atoms with van der Waals surface area (Å²) >= 11 is 7.49. The van der Waals surface area contributed by atoms with Gasteiger partial charge in [-0.05, 0) is 40.3 Å². The molecule has 0 aromatic heterocycles. The Bertz CT molecular complexity index is 351. The molecule has 1 nitrogen and oxygen atoms in total. The van der Waals surface area contributed by atoms with Crippen LogP contribution >= 0.6 is 34.2 Å². The Morgan fingerprint density at radius 3 is 2.36 bits per heavy atom. The predicted molar refractivity (Wildman–Crippen MR) is 57.1 cm³/mol. The van der Waals surface area contributed by atoms with Gasteiger partial charge in [0.25, 0.3) is 0 Å². The smallest absolute Gasteiger partial charge is 0.326 e. The molecule has 0 atom stereocenters. The van der Waals surface area contributed by atoms with E-state index in [4.69, 9.17) is 17.3 Å². The third-order valence-electron chi connectivity index (χ3n) is 1.70. The number of nitrogens with two attached hydrogens (primary N) is 1. The number of benzene rings is 1. The minimum atomic E-state index is -4.43. The predicted octanol–water partition coefficient (Wildman–Crippen LogP) is 3.42. The van der Waals surface area contributed by atoms with E-state index in [-0.39, 0.29) is 11.6 Å². The summed E-state index contributed by atoms with van der Waals surface area (Å²) in [7, 11) is 0. The molecule has 78 valence electrons. The van der Waals surface area contributed by atoms with E-state index in [1.54, 1.807) is 0 Å². The van der Waals surface area contributed by atoms with E-state index >= 15 is 0 Å². The zero-order valence-corrected chi connectivity index (χ0v) is 9.74. The topological polar surface area (TPSA) is 26.0 Å². The first-order valence-corrected chi connectivity index (χ1v) is 5.07. The summed E-state index contributed by atoms with van der Waals surface area (Å²) in [6, 6.07) is 2.32. The van der Waals surface area contributed by atoms with Crippen molar-refractivity contribution < 1.29 is 13.2 Å². The Morgan fingerprint density at radius 2 is 1.93 bits per heavy atom. The number of hydrogen-bond donors (Lipinski definition) is 1. The molecule has 1 rings (SSSR count). The molecule has 0 radical (unpaired) electrons. The van der Waals surface area contributed by atoms with E-state index in [1.165, 1.54) is 6.07 Å². The minimum absolute atomic E-state index is 0.00102. The molecule has 0 heterocycles. The first kappa shape index (κ1) is 12.1. The lowest BCUT2D eigenvalue weighted by molar-refractivity contribution is -0.137. The number of alkyl halides is 3. The van der Waals surface area contributed by atoms with Crippen LogP contribution in [0.4, 0.5) is 13.2 Å². The molecule has 0 aliphatic rings. The van der Waals surface area contributed by atoms with Crippen LogP contribution in [0.2, 0.25) is 5.02 Å². The van der Waals surface area contributed by atoms with Crippen molar-refractivity contribution in [2.24, 2.45) is 5.73 Å². The van der Waals surface area contributed by atoms with Gasteiger partial charge in [0, 0.05) is 10.1 Å². The van der Waals surface area contributed by atoms with Crippen LogP contribution in [-0.2, 0) is 12.7 Å². The highest BCUT2D eigenvalue weighted by molar-refractivity contribution is 14.1. The Balaban J connectivity index is 3.36. The fourth-order valence-electron chi connectivity index (χ4n) is 1.00. The third-order valence-corrected chi connectivity index (χ3v) is 3.14. The normalized spacial score (nSPS) is 11.9. The Hall–Kier alpha value is -0.0100. The van der Waals surface area contributed by atoms with Gasteiger partial charge in [0.15, 0.2) is 0 Å². The maximum Gasteiger partial charge on any atom is 0.417 e. The second-order valence-corrected chi connectivity index (χ2v) is 4.13. The molecule has 0 bridgehead atoms. The molecular formula is C8H6ClF3IN. The molecule has 0 aliphatic carbocycles. The molecule has 6 heteroatoms. The summed E-state index contributed by atoms with van der Waals surface area (Å²) < 4.78 is 37.7. The second-order valence-electron chi connectivity index (χ2n) is 2.59. The third kappa shape index (κ3) is 2.32. The average Bonchev–Trinajstić information content (AvgIpc) is 2.02. The Morgan fingerprint density at radius 1 is 1.36 bits per heavy atom. The summed E-state index contributed by atoms with van der Waals surface area (Å²) in [5, 5.41) is -0.299. The maximum atomic E-state index is 12.4. The molecule has 1 aromatic carbocycles. The Labute approximate surface area is 97.6 Å². The van der Waals surface area contributed by atoms with Crippen LogP contribution in [0.25, 0.3) is 0 Å². The van der Waals surface area contributed by atoms with E-state index < -0.39 is 11.7 Å². The maximum absolute atomic E-state index is 12.4. The van der Waals surface area contributed by atoms with Crippen molar-refractivity contribution in [3.8, 4) is 0 Å². The van der Waals surface area contributed by atoms with Gasteiger partial charge >= 0.3 is 6.18 Å². The lowest BCUT2D eigenvalue weighted by atomic mass is 10.1. The SMILES string of the molecule is NCc1c(I)ccc(C(F)(F)F)c1Cl. The number of halogens is 5. The van der Waals surface area contributed by atoms with E-state index in [0.29, 0.717) is 9.13 Å². The van der Waals surface area contributed by atoms with Gasteiger partial charge < -0.3 is 5.73 Å². The molecule has 0 saturated carbocycles. The zero-order valence-electron chi connectivity index (χ0n) is 6.83. The van der Waals surface area contributed by atoms with Gasteiger partial charge in [-0.3, -0.25) is 0 Å². The van der Waals surface area contributed by atoms with Gasteiger partial charge in [0.05, 0.1) is 10.6 Å². The molecule has 2 N–H and O–H groups in total. The average molecular weight is 335 g/mol. The van der Waals surface area contributed by atoms with E-state index in [9.17, 15) is 13.2 Å². The highest BCUT2D eigenvalue weighted by Crippen LogP contribution is 2.37. The van der Waals surface area contributed by atoms with Crippen molar-refractivity contribution in [2.45, 2.75) is 12.7 Å².